The lowest BCUT2D eigenvalue weighted by Crippen LogP contribution is -2.15. The third-order valence-electron chi connectivity index (χ3n) is 3.59. The van der Waals surface area contributed by atoms with Crippen molar-refractivity contribution in [3.05, 3.63) is 66.5 Å². The van der Waals surface area contributed by atoms with Crippen molar-refractivity contribution in [1.82, 2.24) is 15.0 Å². The second kappa shape index (κ2) is 9.00. The smallest absolute Gasteiger partial charge is 0.234 e. The molecule has 1 aromatic heterocycles. The molecule has 1 amide bonds. The summed E-state index contributed by atoms with van der Waals surface area (Å²) in [6, 6.07) is 18.9. The molecular formula is C19H20N6OS. The highest BCUT2D eigenvalue weighted by molar-refractivity contribution is 8.00. The van der Waals surface area contributed by atoms with E-state index in [9.17, 15) is 4.79 Å². The van der Waals surface area contributed by atoms with Crippen molar-refractivity contribution in [2.75, 3.05) is 22.1 Å². The Morgan fingerprint density at radius 3 is 2.30 bits per heavy atom. The fourth-order valence-corrected chi connectivity index (χ4v) is 3.02. The number of nitrogens with two attached hydrogens (primary N) is 1. The minimum atomic E-state index is -0.117. The van der Waals surface area contributed by atoms with E-state index in [1.165, 1.54) is 11.8 Å². The number of carbonyl (C=O) groups is 1. The number of nitrogens with one attached hydrogen (secondary N) is 2. The molecule has 138 valence electrons. The Morgan fingerprint density at radius 1 is 1.00 bits per heavy atom. The van der Waals surface area contributed by atoms with Crippen LogP contribution < -0.4 is 16.4 Å². The Morgan fingerprint density at radius 2 is 1.63 bits per heavy atom. The molecule has 0 spiro atoms. The maximum Gasteiger partial charge on any atom is 0.234 e. The van der Waals surface area contributed by atoms with Crippen LogP contribution in [-0.2, 0) is 4.79 Å². The van der Waals surface area contributed by atoms with Crippen LogP contribution in [0.1, 0.15) is 18.0 Å². The fourth-order valence-electron chi connectivity index (χ4n) is 2.29. The summed E-state index contributed by atoms with van der Waals surface area (Å²) in [6.07, 6.45) is 0. The molecule has 3 aromatic rings. The van der Waals surface area contributed by atoms with Gasteiger partial charge in [0.15, 0.2) is 0 Å². The molecule has 2 aromatic carbocycles. The molecule has 0 fully saturated rings. The van der Waals surface area contributed by atoms with E-state index in [2.05, 4.69) is 25.6 Å². The number of hydrogen-bond acceptors (Lipinski definition) is 7. The van der Waals surface area contributed by atoms with Gasteiger partial charge in [0.2, 0.25) is 17.8 Å². The van der Waals surface area contributed by atoms with Crippen molar-refractivity contribution in [1.29, 1.82) is 0 Å². The van der Waals surface area contributed by atoms with Gasteiger partial charge in [0.1, 0.15) is 5.82 Å². The monoisotopic (exact) mass is 380 g/mol. The third kappa shape index (κ3) is 5.68. The number of benzene rings is 2. The number of anilines is 4. The quantitative estimate of drug-likeness (QED) is 0.575. The molecule has 27 heavy (non-hydrogen) atoms. The molecule has 0 aliphatic heterocycles. The zero-order chi connectivity index (χ0) is 19.1. The summed E-state index contributed by atoms with van der Waals surface area (Å²) in [5, 5.41) is 5.84. The van der Waals surface area contributed by atoms with E-state index < -0.39 is 0 Å². The molecule has 0 saturated heterocycles. The van der Waals surface area contributed by atoms with Crippen LogP contribution in [0, 0.1) is 0 Å². The standard InChI is InChI=1S/C19H20N6OS/c1-13(27-12-16(26)21-14-8-4-2-5-9-14)17-23-18(20)25-19(24-17)22-15-10-6-3-7-11-15/h2-11,13H,12H2,1H3,(H,21,26)(H3,20,22,23,24,25). The van der Waals surface area contributed by atoms with E-state index in [0.29, 0.717) is 11.8 Å². The summed E-state index contributed by atoms with van der Waals surface area (Å²) >= 11 is 1.43. The van der Waals surface area contributed by atoms with Crippen molar-refractivity contribution in [2.24, 2.45) is 0 Å². The van der Waals surface area contributed by atoms with Crippen LogP contribution in [0.2, 0.25) is 0 Å². The van der Waals surface area contributed by atoms with Gasteiger partial charge in [-0.05, 0) is 31.2 Å². The predicted molar refractivity (Wildman–Crippen MR) is 110 cm³/mol. The van der Waals surface area contributed by atoms with Gasteiger partial charge in [-0.3, -0.25) is 4.79 Å². The van der Waals surface area contributed by atoms with Gasteiger partial charge in [-0.1, -0.05) is 36.4 Å². The number of thioether (sulfide) groups is 1. The van der Waals surface area contributed by atoms with Crippen LogP contribution >= 0.6 is 11.8 Å². The topological polar surface area (TPSA) is 106 Å². The van der Waals surface area contributed by atoms with E-state index in [4.69, 9.17) is 5.73 Å². The number of amides is 1. The van der Waals surface area contributed by atoms with E-state index in [-0.39, 0.29) is 22.9 Å². The lowest BCUT2D eigenvalue weighted by molar-refractivity contribution is -0.113. The molecule has 0 radical (unpaired) electrons. The Bertz CT molecular complexity index is 891. The molecule has 0 aliphatic rings. The van der Waals surface area contributed by atoms with Crippen LogP contribution in [0.4, 0.5) is 23.3 Å². The number of nitrogen functional groups attached to an aromatic ring is 1. The minimum Gasteiger partial charge on any atom is -0.368 e. The van der Waals surface area contributed by atoms with Crippen LogP contribution in [0.15, 0.2) is 60.7 Å². The highest BCUT2D eigenvalue weighted by Crippen LogP contribution is 2.27. The van der Waals surface area contributed by atoms with Gasteiger partial charge in [-0.2, -0.15) is 15.0 Å². The van der Waals surface area contributed by atoms with Crippen molar-refractivity contribution in [3.63, 3.8) is 0 Å². The Kier molecular flexibility index (Phi) is 6.22. The number of nitrogens with zero attached hydrogens (tertiary/aromatic N) is 3. The van der Waals surface area contributed by atoms with Crippen molar-refractivity contribution < 1.29 is 4.79 Å². The number of hydrogen-bond donors (Lipinski definition) is 3. The summed E-state index contributed by atoms with van der Waals surface area (Å²) in [6.45, 7) is 1.93. The van der Waals surface area contributed by atoms with Crippen LogP contribution in [-0.4, -0.2) is 26.6 Å². The molecule has 0 bridgehead atoms. The average Bonchev–Trinajstić information content (AvgIpc) is 2.67. The van der Waals surface area contributed by atoms with Crippen molar-refractivity contribution in [3.8, 4) is 0 Å². The minimum absolute atomic E-state index is 0.0808. The van der Waals surface area contributed by atoms with Crippen molar-refractivity contribution >= 4 is 40.9 Å². The highest BCUT2D eigenvalue weighted by atomic mass is 32.2. The maximum absolute atomic E-state index is 12.1. The van der Waals surface area contributed by atoms with Gasteiger partial charge < -0.3 is 16.4 Å². The first-order valence-corrected chi connectivity index (χ1v) is 9.45. The second-order valence-electron chi connectivity index (χ2n) is 5.73. The number of carbonyl (C=O) groups excluding carboxylic acids is 1. The van der Waals surface area contributed by atoms with Gasteiger partial charge in [-0.25, -0.2) is 0 Å². The Hall–Kier alpha value is -3.13. The molecule has 0 aliphatic carbocycles. The number of rotatable bonds is 7. The molecule has 0 saturated carbocycles. The lowest BCUT2D eigenvalue weighted by Gasteiger charge is -2.12. The van der Waals surface area contributed by atoms with Gasteiger partial charge in [0, 0.05) is 11.4 Å². The molecule has 7 nitrogen and oxygen atoms in total. The first kappa shape index (κ1) is 18.7. The summed E-state index contributed by atoms with van der Waals surface area (Å²) in [7, 11) is 0. The zero-order valence-corrected chi connectivity index (χ0v) is 15.6. The van der Waals surface area contributed by atoms with E-state index >= 15 is 0 Å². The summed E-state index contributed by atoms with van der Waals surface area (Å²) in [5.74, 6) is 1.24. The SMILES string of the molecule is CC(SCC(=O)Nc1ccccc1)c1nc(N)nc(Nc2ccccc2)n1. The van der Waals surface area contributed by atoms with Crippen LogP contribution in [0.5, 0.6) is 0 Å². The number of aromatic nitrogens is 3. The molecule has 1 atom stereocenters. The van der Waals surface area contributed by atoms with Crippen LogP contribution in [0.25, 0.3) is 0 Å². The van der Waals surface area contributed by atoms with Crippen molar-refractivity contribution in [2.45, 2.75) is 12.2 Å². The summed E-state index contributed by atoms with van der Waals surface area (Å²) in [4.78, 5) is 24.8. The van der Waals surface area contributed by atoms with Gasteiger partial charge >= 0.3 is 0 Å². The molecule has 4 N–H and O–H groups in total. The van der Waals surface area contributed by atoms with Gasteiger partial charge in [-0.15, -0.1) is 11.8 Å². The lowest BCUT2D eigenvalue weighted by atomic mass is 10.3. The molecule has 1 unspecified atom stereocenters. The molecular weight excluding hydrogens is 360 g/mol. The molecule has 8 heteroatoms. The summed E-state index contributed by atoms with van der Waals surface area (Å²) in [5.41, 5.74) is 7.45. The highest BCUT2D eigenvalue weighted by Gasteiger charge is 2.15. The normalized spacial score (nSPS) is 11.6. The predicted octanol–water partition coefficient (Wildman–Crippen LogP) is 3.63. The maximum atomic E-state index is 12.1. The van der Waals surface area contributed by atoms with E-state index in [1.807, 2.05) is 67.6 Å². The molecule has 3 rings (SSSR count). The number of para-hydroxylation sites is 2. The Balaban J connectivity index is 1.60. The second-order valence-corrected chi connectivity index (χ2v) is 7.06. The largest absolute Gasteiger partial charge is 0.368 e. The average molecular weight is 380 g/mol. The van der Waals surface area contributed by atoms with Crippen LogP contribution in [0.3, 0.4) is 0 Å². The first-order valence-electron chi connectivity index (χ1n) is 8.40. The Labute approximate surface area is 161 Å². The molecule has 1 heterocycles. The first-order chi connectivity index (χ1) is 13.1. The summed E-state index contributed by atoms with van der Waals surface area (Å²) < 4.78 is 0. The van der Waals surface area contributed by atoms with E-state index in [1.54, 1.807) is 0 Å². The fraction of sp³-hybridized carbons (Fsp3) is 0.158. The third-order valence-corrected chi connectivity index (χ3v) is 4.73. The van der Waals surface area contributed by atoms with Gasteiger partial charge in [0.25, 0.3) is 0 Å². The van der Waals surface area contributed by atoms with E-state index in [0.717, 1.165) is 11.4 Å². The zero-order valence-electron chi connectivity index (χ0n) is 14.8. The van der Waals surface area contributed by atoms with Gasteiger partial charge in [0.05, 0.1) is 11.0 Å².